The van der Waals surface area contributed by atoms with Gasteiger partial charge in [0.1, 0.15) is 6.04 Å². The molecule has 29 heavy (non-hydrogen) atoms. The molecule has 0 saturated carbocycles. The van der Waals surface area contributed by atoms with E-state index in [2.05, 4.69) is 5.32 Å². The molecule has 2 aromatic carbocycles. The quantitative estimate of drug-likeness (QED) is 0.584. The third-order valence-electron chi connectivity index (χ3n) is 4.95. The average Bonchev–Trinajstić information content (AvgIpc) is 2.70. The first-order valence-electron chi connectivity index (χ1n) is 9.93. The van der Waals surface area contributed by atoms with E-state index in [0.29, 0.717) is 23.0 Å². The molecule has 0 aliphatic rings. The largest absolute Gasteiger partial charge is 0.352 e. The molecule has 0 spiro atoms. The number of hydrogen-bond acceptors (Lipinski definition) is 2. The van der Waals surface area contributed by atoms with E-state index in [1.54, 1.807) is 23.1 Å². The van der Waals surface area contributed by atoms with Gasteiger partial charge in [-0.2, -0.15) is 0 Å². The molecule has 0 aliphatic carbocycles. The Kier molecular flexibility index (Phi) is 8.99. The van der Waals surface area contributed by atoms with Crippen molar-refractivity contribution in [2.75, 3.05) is 0 Å². The van der Waals surface area contributed by atoms with Gasteiger partial charge in [-0.05, 0) is 49.1 Å². The van der Waals surface area contributed by atoms with Crippen molar-refractivity contribution in [3.63, 3.8) is 0 Å². The Morgan fingerprint density at radius 3 is 2.24 bits per heavy atom. The topological polar surface area (TPSA) is 49.4 Å². The van der Waals surface area contributed by atoms with Crippen LogP contribution in [0.3, 0.4) is 0 Å². The summed E-state index contributed by atoms with van der Waals surface area (Å²) in [6.45, 7) is 6.21. The molecule has 0 bridgehead atoms. The van der Waals surface area contributed by atoms with Gasteiger partial charge in [-0.25, -0.2) is 0 Å². The highest BCUT2D eigenvalue weighted by molar-refractivity contribution is 6.31. The van der Waals surface area contributed by atoms with Crippen molar-refractivity contribution in [2.45, 2.75) is 58.7 Å². The maximum Gasteiger partial charge on any atom is 0.243 e. The number of rotatable bonds is 9. The fraction of sp³-hybridized carbons (Fsp3) is 0.391. The SMILES string of the molecule is CC[C@@H](C)NC(=O)[C@H](CC)N(Cc1ccc(Cl)cc1)C(=O)Cc1ccccc1Cl. The lowest BCUT2D eigenvalue weighted by Gasteiger charge is -2.31. The number of hydrogen-bond donors (Lipinski definition) is 1. The van der Waals surface area contributed by atoms with E-state index in [4.69, 9.17) is 23.2 Å². The van der Waals surface area contributed by atoms with Crippen LogP contribution in [0.1, 0.15) is 44.7 Å². The first kappa shape index (κ1) is 23.2. The molecular formula is C23H28Cl2N2O2. The van der Waals surface area contributed by atoms with Gasteiger partial charge in [-0.15, -0.1) is 0 Å². The standard InChI is InChI=1S/C23H28Cl2N2O2/c1-4-16(3)26-23(29)21(5-2)27(15-17-10-12-19(24)13-11-17)22(28)14-18-8-6-7-9-20(18)25/h6-13,16,21H,4-5,14-15H2,1-3H3,(H,26,29)/t16-,21+/m1/s1. The lowest BCUT2D eigenvalue weighted by atomic mass is 10.1. The highest BCUT2D eigenvalue weighted by Gasteiger charge is 2.29. The van der Waals surface area contributed by atoms with E-state index in [-0.39, 0.29) is 24.3 Å². The Labute approximate surface area is 183 Å². The summed E-state index contributed by atoms with van der Waals surface area (Å²) < 4.78 is 0. The average molecular weight is 435 g/mol. The molecule has 4 nitrogen and oxygen atoms in total. The van der Waals surface area contributed by atoms with Crippen molar-refractivity contribution in [1.29, 1.82) is 0 Å². The molecule has 156 valence electrons. The van der Waals surface area contributed by atoms with Crippen LogP contribution in [-0.4, -0.2) is 28.8 Å². The minimum absolute atomic E-state index is 0.0487. The van der Waals surface area contributed by atoms with Crippen molar-refractivity contribution in [3.8, 4) is 0 Å². The van der Waals surface area contributed by atoms with Crippen LogP contribution in [0.2, 0.25) is 10.0 Å². The van der Waals surface area contributed by atoms with Crippen molar-refractivity contribution in [2.24, 2.45) is 0 Å². The third kappa shape index (κ3) is 6.76. The molecule has 0 heterocycles. The fourth-order valence-electron chi connectivity index (χ4n) is 3.05. The van der Waals surface area contributed by atoms with Gasteiger partial charge < -0.3 is 10.2 Å². The highest BCUT2D eigenvalue weighted by Crippen LogP contribution is 2.20. The van der Waals surface area contributed by atoms with Crippen molar-refractivity contribution in [1.82, 2.24) is 10.2 Å². The van der Waals surface area contributed by atoms with Crippen LogP contribution in [0.5, 0.6) is 0 Å². The maximum atomic E-state index is 13.3. The Morgan fingerprint density at radius 2 is 1.66 bits per heavy atom. The van der Waals surface area contributed by atoms with Gasteiger partial charge in [-0.3, -0.25) is 9.59 Å². The van der Waals surface area contributed by atoms with E-state index in [1.165, 1.54) is 0 Å². The minimum atomic E-state index is -0.560. The Morgan fingerprint density at radius 1 is 1.00 bits per heavy atom. The van der Waals surface area contributed by atoms with Crippen LogP contribution in [0, 0.1) is 0 Å². The van der Waals surface area contributed by atoms with E-state index >= 15 is 0 Å². The van der Waals surface area contributed by atoms with Gasteiger partial charge in [0.15, 0.2) is 0 Å². The first-order chi connectivity index (χ1) is 13.8. The summed E-state index contributed by atoms with van der Waals surface area (Å²) in [5.74, 6) is -0.275. The summed E-state index contributed by atoms with van der Waals surface area (Å²) >= 11 is 12.2. The fourth-order valence-corrected chi connectivity index (χ4v) is 3.38. The predicted octanol–water partition coefficient (Wildman–Crippen LogP) is 5.26. The maximum absolute atomic E-state index is 13.3. The van der Waals surface area contributed by atoms with Crippen LogP contribution in [0.4, 0.5) is 0 Å². The number of amides is 2. The van der Waals surface area contributed by atoms with E-state index in [9.17, 15) is 9.59 Å². The van der Waals surface area contributed by atoms with Crippen LogP contribution in [0.25, 0.3) is 0 Å². The minimum Gasteiger partial charge on any atom is -0.352 e. The van der Waals surface area contributed by atoms with Gasteiger partial charge >= 0.3 is 0 Å². The second-order valence-electron chi connectivity index (χ2n) is 7.16. The van der Waals surface area contributed by atoms with Crippen LogP contribution < -0.4 is 5.32 Å². The Balaban J connectivity index is 2.29. The molecule has 0 radical (unpaired) electrons. The second kappa shape index (κ2) is 11.2. The molecule has 1 N–H and O–H groups in total. The normalized spacial score (nSPS) is 12.9. The number of halogens is 2. The molecule has 2 atom stereocenters. The monoisotopic (exact) mass is 434 g/mol. The van der Waals surface area contributed by atoms with Gasteiger partial charge in [0.2, 0.25) is 11.8 Å². The highest BCUT2D eigenvalue weighted by atomic mass is 35.5. The third-order valence-corrected chi connectivity index (χ3v) is 5.57. The lowest BCUT2D eigenvalue weighted by molar-refractivity contribution is -0.141. The van der Waals surface area contributed by atoms with Crippen molar-refractivity contribution >= 4 is 35.0 Å². The molecule has 0 unspecified atom stereocenters. The lowest BCUT2D eigenvalue weighted by Crippen LogP contribution is -2.51. The number of carbonyl (C=O) groups is 2. The number of nitrogens with one attached hydrogen (secondary N) is 1. The summed E-state index contributed by atoms with van der Waals surface area (Å²) in [7, 11) is 0. The molecule has 2 aromatic rings. The van der Waals surface area contributed by atoms with Gasteiger partial charge in [-0.1, -0.05) is 67.4 Å². The first-order valence-corrected chi connectivity index (χ1v) is 10.7. The molecule has 0 aliphatic heterocycles. The predicted molar refractivity (Wildman–Crippen MR) is 119 cm³/mol. The van der Waals surface area contributed by atoms with Crippen LogP contribution >= 0.6 is 23.2 Å². The van der Waals surface area contributed by atoms with E-state index < -0.39 is 6.04 Å². The van der Waals surface area contributed by atoms with E-state index in [1.807, 2.05) is 51.1 Å². The zero-order chi connectivity index (χ0) is 21.4. The van der Waals surface area contributed by atoms with Gasteiger partial charge in [0.25, 0.3) is 0 Å². The second-order valence-corrected chi connectivity index (χ2v) is 8.00. The van der Waals surface area contributed by atoms with Crippen LogP contribution in [-0.2, 0) is 22.6 Å². The number of nitrogens with zero attached hydrogens (tertiary/aromatic N) is 1. The molecule has 0 saturated heterocycles. The Bertz CT molecular complexity index is 824. The molecule has 2 amide bonds. The summed E-state index contributed by atoms with van der Waals surface area (Å²) in [5.41, 5.74) is 1.66. The Hall–Kier alpha value is -2.04. The number of benzene rings is 2. The summed E-state index contributed by atoms with van der Waals surface area (Å²) in [6, 6.07) is 14.1. The van der Waals surface area contributed by atoms with Gasteiger partial charge in [0, 0.05) is 22.6 Å². The summed E-state index contributed by atoms with van der Waals surface area (Å²) in [6.07, 6.45) is 1.48. The zero-order valence-corrected chi connectivity index (χ0v) is 18.6. The van der Waals surface area contributed by atoms with Crippen LogP contribution in [0.15, 0.2) is 48.5 Å². The van der Waals surface area contributed by atoms with E-state index in [0.717, 1.165) is 17.5 Å². The summed E-state index contributed by atoms with van der Waals surface area (Å²) in [4.78, 5) is 27.8. The van der Waals surface area contributed by atoms with Crippen molar-refractivity contribution < 1.29 is 9.59 Å². The molecule has 2 rings (SSSR count). The smallest absolute Gasteiger partial charge is 0.243 e. The molecular weight excluding hydrogens is 407 g/mol. The molecule has 6 heteroatoms. The zero-order valence-electron chi connectivity index (χ0n) is 17.1. The van der Waals surface area contributed by atoms with Gasteiger partial charge in [0.05, 0.1) is 6.42 Å². The summed E-state index contributed by atoms with van der Waals surface area (Å²) in [5, 5.41) is 4.18. The van der Waals surface area contributed by atoms with Crippen molar-refractivity contribution in [3.05, 3.63) is 69.7 Å². The molecule has 0 fully saturated rings. The number of carbonyl (C=O) groups excluding carboxylic acids is 2. The molecule has 0 aromatic heterocycles.